The van der Waals surface area contributed by atoms with Crippen LogP contribution >= 0.6 is 0 Å². The van der Waals surface area contributed by atoms with E-state index in [1.165, 1.54) is 32.1 Å². The summed E-state index contributed by atoms with van der Waals surface area (Å²) >= 11 is 0. The first-order chi connectivity index (χ1) is 18.0. The number of aromatic nitrogens is 1. The summed E-state index contributed by atoms with van der Waals surface area (Å²) in [4.78, 5) is 23.0. The fourth-order valence-corrected chi connectivity index (χ4v) is 5.99. The minimum atomic E-state index is -0.304. The molecule has 1 aliphatic heterocycles. The summed E-state index contributed by atoms with van der Waals surface area (Å²) in [6.07, 6.45) is 8.45. The lowest BCUT2D eigenvalue weighted by atomic mass is 9.88. The zero-order valence-corrected chi connectivity index (χ0v) is 22.0. The highest BCUT2D eigenvalue weighted by Crippen LogP contribution is 2.34. The van der Waals surface area contributed by atoms with E-state index >= 15 is 0 Å². The molecule has 0 bridgehead atoms. The number of aliphatic imine (C=N–C) groups is 1. The lowest BCUT2D eigenvalue weighted by Crippen LogP contribution is -2.57. The van der Waals surface area contributed by atoms with Gasteiger partial charge in [-0.1, -0.05) is 49.6 Å². The number of anilines is 1. The molecule has 1 aliphatic carbocycles. The Kier molecular flexibility index (Phi) is 7.79. The molecule has 2 aliphatic rings. The van der Waals surface area contributed by atoms with Gasteiger partial charge in [-0.3, -0.25) is 4.79 Å². The summed E-state index contributed by atoms with van der Waals surface area (Å²) in [7, 11) is 0. The van der Waals surface area contributed by atoms with Crippen molar-refractivity contribution in [3.63, 3.8) is 0 Å². The average Bonchev–Trinajstić information content (AvgIpc) is 3.31. The predicted molar refractivity (Wildman–Crippen MR) is 152 cm³/mol. The van der Waals surface area contributed by atoms with E-state index < -0.39 is 0 Å². The normalized spacial score (nSPS) is 22.2. The second kappa shape index (κ2) is 11.4. The number of para-hydroxylation sites is 1. The molecule has 3 atom stereocenters. The maximum absolute atomic E-state index is 12.0. The number of rotatable bonds is 6. The van der Waals surface area contributed by atoms with Crippen molar-refractivity contribution in [1.82, 2.24) is 15.2 Å². The van der Waals surface area contributed by atoms with Crippen LogP contribution in [0.5, 0.6) is 0 Å². The minimum Gasteiger partial charge on any atom is -0.370 e. The van der Waals surface area contributed by atoms with E-state index in [0.29, 0.717) is 18.1 Å². The summed E-state index contributed by atoms with van der Waals surface area (Å²) < 4.78 is 0. The highest BCUT2D eigenvalue weighted by molar-refractivity contribution is 5.94. The first-order valence-corrected chi connectivity index (χ1v) is 13.8. The fourth-order valence-electron chi connectivity index (χ4n) is 5.99. The Hall–Kier alpha value is -3.32. The molecule has 3 unspecified atom stereocenters. The van der Waals surface area contributed by atoms with Crippen molar-refractivity contribution in [1.29, 1.82) is 0 Å². The van der Waals surface area contributed by atoms with Crippen LogP contribution in [0.4, 0.5) is 5.69 Å². The number of nitrogens with one attached hydrogen (secondary N) is 3. The van der Waals surface area contributed by atoms with Crippen LogP contribution in [0, 0.1) is 0 Å². The summed E-state index contributed by atoms with van der Waals surface area (Å²) in [5.41, 5.74) is 9.92. The zero-order chi connectivity index (χ0) is 25.8. The molecule has 37 heavy (non-hydrogen) atoms. The van der Waals surface area contributed by atoms with Gasteiger partial charge in [-0.05, 0) is 56.0 Å². The molecule has 5 N–H and O–H groups in total. The van der Waals surface area contributed by atoms with E-state index in [1.807, 2.05) is 18.3 Å². The lowest BCUT2D eigenvalue weighted by molar-refractivity contribution is -0.118. The Labute approximate surface area is 219 Å². The zero-order valence-electron chi connectivity index (χ0n) is 22.0. The van der Waals surface area contributed by atoms with Gasteiger partial charge >= 0.3 is 0 Å². The van der Waals surface area contributed by atoms with Crippen LogP contribution in [-0.2, 0) is 4.79 Å². The number of fused-ring (bicyclic) bond motifs is 1. The van der Waals surface area contributed by atoms with E-state index in [0.717, 1.165) is 46.8 Å². The van der Waals surface area contributed by atoms with Crippen LogP contribution in [0.15, 0.2) is 59.7 Å². The maximum Gasteiger partial charge on any atom is 0.218 e. The number of piperazine rings is 1. The highest BCUT2D eigenvalue weighted by Gasteiger charge is 2.25. The number of carbonyl (C=O) groups excluding carboxylic acids is 1. The first kappa shape index (κ1) is 25.3. The second-order valence-electron chi connectivity index (χ2n) is 10.9. The standard InChI is InChI=1S/C30H40N6O/c1-20-18-36(19-21(2)33-20)30(34-23-8-4-3-5-9-23)35-24-14-12-22(13-15-24)26(16-29(31)37)27-17-32-28-11-7-6-10-25(27)28/h6-7,10-15,17,20-21,23,26,32-33H,3-5,8-9,16,18-19H2,1-2H3,(H2,31,37)(H,34,35). The minimum absolute atomic E-state index is 0.104. The van der Waals surface area contributed by atoms with Crippen LogP contribution in [0.25, 0.3) is 10.9 Å². The van der Waals surface area contributed by atoms with E-state index in [4.69, 9.17) is 10.7 Å². The van der Waals surface area contributed by atoms with E-state index in [2.05, 4.69) is 70.8 Å². The van der Waals surface area contributed by atoms with Crippen LogP contribution in [0.2, 0.25) is 0 Å². The molecule has 2 fully saturated rings. The van der Waals surface area contributed by atoms with Crippen molar-refractivity contribution in [3.8, 4) is 0 Å². The smallest absolute Gasteiger partial charge is 0.218 e. The fraction of sp³-hybridized carbons (Fsp3) is 0.467. The van der Waals surface area contributed by atoms with Crippen molar-refractivity contribution in [2.24, 2.45) is 10.7 Å². The van der Waals surface area contributed by atoms with Crippen LogP contribution in [-0.4, -0.2) is 53.0 Å². The molecular formula is C30H40N6O. The number of nitrogens with two attached hydrogens (primary N) is 1. The molecule has 1 amide bonds. The molecule has 1 saturated carbocycles. The van der Waals surface area contributed by atoms with Crippen LogP contribution < -0.4 is 16.4 Å². The highest BCUT2D eigenvalue weighted by atomic mass is 16.1. The maximum atomic E-state index is 12.0. The van der Waals surface area contributed by atoms with E-state index in [1.54, 1.807) is 0 Å². The predicted octanol–water partition coefficient (Wildman–Crippen LogP) is 4.96. The van der Waals surface area contributed by atoms with Gasteiger partial charge in [0.25, 0.3) is 0 Å². The molecule has 2 aromatic carbocycles. The Morgan fingerprint density at radius 3 is 2.46 bits per heavy atom. The van der Waals surface area contributed by atoms with Crippen LogP contribution in [0.3, 0.4) is 0 Å². The topological polar surface area (TPSA) is 98.5 Å². The van der Waals surface area contributed by atoms with Crippen molar-refractivity contribution < 1.29 is 4.79 Å². The third kappa shape index (κ3) is 6.16. The number of amides is 1. The second-order valence-corrected chi connectivity index (χ2v) is 10.9. The molecule has 1 saturated heterocycles. The van der Waals surface area contributed by atoms with Gasteiger partial charge in [0, 0.05) is 60.3 Å². The molecule has 5 rings (SSSR count). The number of carbonyl (C=O) groups is 1. The lowest BCUT2D eigenvalue weighted by Gasteiger charge is -2.38. The Morgan fingerprint density at radius 1 is 1.05 bits per heavy atom. The first-order valence-electron chi connectivity index (χ1n) is 13.8. The summed E-state index contributed by atoms with van der Waals surface area (Å²) in [6, 6.07) is 17.8. The Balaban J connectivity index is 1.40. The average molecular weight is 501 g/mol. The largest absolute Gasteiger partial charge is 0.370 e. The molecule has 2 heterocycles. The number of aromatic amines is 1. The molecule has 7 nitrogen and oxygen atoms in total. The van der Waals surface area contributed by atoms with Gasteiger partial charge in [-0.2, -0.15) is 0 Å². The molecule has 3 aromatic rings. The SMILES string of the molecule is CC1CN(/C(=N\C2CCCCC2)Nc2ccc(C(CC(N)=O)c3c[nH]c4ccccc34)cc2)CC(C)N1. The Morgan fingerprint density at radius 2 is 1.76 bits per heavy atom. The molecule has 1 aromatic heterocycles. The quantitative estimate of drug-likeness (QED) is 0.284. The third-order valence-corrected chi connectivity index (χ3v) is 7.71. The molecule has 7 heteroatoms. The van der Waals surface area contributed by atoms with Gasteiger partial charge in [0.1, 0.15) is 0 Å². The van der Waals surface area contributed by atoms with Crippen molar-refractivity contribution >= 4 is 28.5 Å². The molecular weight excluding hydrogens is 460 g/mol. The van der Waals surface area contributed by atoms with Crippen molar-refractivity contribution in [3.05, 3.63) is 65.9 Å². The van der Waals surface area contributed by atoms with Gasteiger partial charge in [-0.15, -0.1) is 0 Å². The number of hydrogen-bond donors (Lipinski definition) is 4. The molecule has 0 spiro atoms. The third-order valence-electron chi connectivity index (χ3n) is 7.71. The summed E-state index contributed by atoms with van der Waals surface area (Å²) in [5.74, 6) is 0.569. The van der Waals surface area contributed by atoms with Crippen molar-refractivity contribution in [2.45, 2.75) is 76.4 Å². The van der Waals surface area contributed by atoms with Gasteiger partial charge in [-0.25, -0.2) is 4.99 Å². The van der Waals surface area contributed by atoms with Gasteiger partial charge in [0.15, 0.2) is 5.96 Å². The number of guanidine groups is 1. The number of hydrogen-bond acceptors (Lipinski definition) is 3. The van der Waals surface area contributed by atoms with Crippen molar-refractivity contribution in [2.75, 3.05) is 18.4 Å². The number of primary amides is 1. The van der Waals surface area contributed by atoms with Crippen LogP contribution in [0.1, 0.15) is 69.4 Å². The summed E-state index contributed by atoms with van der Waals surface area (Å²) in [5, 5.41) is 8.41. The summed E-state index contributed by atoms with van der Waals surface area (Å²) in [6.45, 7) is 6.34. The number of H-pyrrole nitrogens is 1. The van der Waals surface area contributed by atoms with Gasteiger partial charge < -0.3 is 26.3 Å². The Bertz CT molecular complexity index is 1220. The molecule has 196 valence electrons. The van der Waals surface area contributed by atoms with E-state index in [9.17, 15) is 4.79 Å². The number of nitrogens with zero attached hydrogens (tertiary/aromatic N) is 2. The van der Waals surface area contributed by atoms with Gasteiger partial charge in [0.05, 0.1) is 6.04 Å². The molecule has 0 radical (unpaired) electrons. The monoisotopic (exact) mass is 500 g/mol. The van der Waals surface area contributed by atoms with Gasteiger partial charge in [0.2, 0.25) is 5.91 Å². The number of benzene rings is 2. The van der Waals surface area contributed by atoms with E-state index in [-0.39, 0.29) is 18.2 Å².